The highest BCUT2D eigenvalue weighted by Crippen LogP contribution is 2.23. The highest BCUT2D eigenvalue weighted by Gasteiger charge is 2.20. The van der Waals surface area contributed by atoms with Crippen molar-refractivity contribution in [2.75, 3.05) is 0 Å². The number of nitrogens with one attached hydrogen (secondary N) is 1. The van der Waals surface area contributed by atoms with Crippen LogP contribution >= 0.6 is 0 Å². The SMILES string of the molecule is CC[C@@H](NC(=O)CCc1ccc(C(=O)O)cc1)c1c(C)nn(C)c1C. The molecular weight excluding hydrogens is 318 g/mol. The highest BCUT2D eigenvalue weighted by molar-refractivity contribution is 5.87. The first-order valence-electron chi connectivity index (χ1n) is 8.45. The molecule has 0 aliphatic carbocycles. The topological polar surface area (TPSA) is 84.2 Å². The molecule has 0 fully saturated rings. The minimum atomic E-state index is -0.947. The van der Waals surface area contributed by atoms with E-state index in [1.165, 1.54) is 0 Å². The lowest BCUT2D eigenvalue weighted by atomic mass is 10.0. The number of amides is 1. The fourth-order valence-electron chi connectivity index (χ4n) is 3.01. The largest absolute Gasteiger partial charge is 0.478 e. The minimum Gasteiger partial charge on any atom is -0.478 e. The zero-order valence-electron chi connectivity index (χ0n) is 15.2. The third kappa shape index (κ3) is 4.47. The van der Waals surface area contributed by atoms with Gasteiger partial charge in [-0.1, -0.05) is 19.1 Å². The van der Waals surface area contributed by atoms with Crippen LogP contribution in [0.4, 0.5) is 0 Å². The molecule has 2 rings (SSSR count). The molecule has 6 nitrogen and oxygen atoms in total. The second-order valence-electron chi connectivity index (χ2n) is 6.24. The van der Waals surface area contributed by atoms with Gasteiger partial charge in [-0.3, -0.25) is 9.48 Å². The number of aryl methyl sites for hydroxylation is 3. The van der Waals surface area contributed by atoms with Crippen molar-refractivity contribution in [3.63, 3.8) is 0 Å². The quantitative estimate of drug-likeness (QED) is 0.809. The Bertz CT molecular complexity index is 763. The molecule has 0 unspecified atom stereocenters. The zero-order chi connectivity index (χ0) is 18.6. The van der Waals surface area contributed by atoms with Gasteiger partial charge in [-0.2, -0.15) is 5.10 Å². The average Bonchev–Trinajstić information content (AvgIpc) is 2.83. The Hall–Kier alpha value is -2.63. The van der Waals surface area contributed by atoms with E-state index in [0.29, 0.717) is 12.8 Å². The van der Waals surface area contributed by atoms with Crippen molar-refractivity contribution < 1.29 is 14.7 Å². The maximum Gasteiger partial charge on any atom is 0.335 e. The van der Waals surface area contributed by atoms with Crippen LogP contribution < -0.4 is 5.32 Å². The summed E-state index contributed by atoms with van der Waals surface area (Å²) >= 11 is 0. The van der Waals surface area contributed by atoms with Gasteiger partial charge in [0.2, 0.25) is 5.91 Å². The molecule has 6 heteroatoms. The Labute approximate surface area is 147 Å². The monoisotopic (exact) mass is 343 g/mol. The van der Waals surface area contributed by atoms with Crippen LogP contribution in [-0.4, -0.2) is 26.8 Å². The molecule has 0 bridgehead atoms. The predicted octanol–water partition coefficient (Wildman–Crippen LogP) is 2.94. The molecule has 0 radical (unpaired) electrons. The fourth-order valence-corrected chi connectivity index (χ4v) is 3.01. The Morgan fingerprint density at radius 3 is 2.36 bits per heavy atom. The van der Waals surface area contributed by atoms with Crippen molar-refractivity contribution in [2.45, 2.75) is 46.1 Å². The minimum absolute atomic E-state index is 0.0168. The Balaban J connectivity index is 1.97. The Kier molecular flexibility index (Phi) is 5.96. The van der Waals surface area contributed by atoms with Crippen molar-refractivity contribution >= 4 is 11.9 Å². The van der Waals surface area contributed by atoms with Crippen molar-refractivity contribution in [3.8, 4) is 0 Å². The molecule has 0 spiro atoms. The molecule has 2 aromatic rings. The van der Waals surface area contributed by atoms with Gasteiger partial charge >= 0.3 is 5.97 Å². The number of benzene rings is 1. The van der Waals surface area contributed by atoms with Crippen molar-refractivity contribution in [2.24, 2.45) is 7.05 Å². The first-order valence-corrected chi connectivity index (χ1v) is 8.45. The third-order valence-electron chi connectivity index (χ3n) is 4.50. The first kappa shape index (κ1) is 18.7. The second kappa shape index (κ2) is 7.96. The van der Waals surface area contributed by atoms with E-state index in [4.69, 9.17) is 5.11 Å². The van der Waals surface area contributed by atoms with Crippen LogP contribution in [0.5, 0.6) is 0 Å². The van der Waals surface area contributed by atoms with Gasteiger partial charge in [0.25, 0.3) is 0 Å². The van der Waals surface area contributed by atoms with E-state index in [1.54, 1.807) is 24.3 Å². The van der Waals surface area contributed by atoms with Crippen molar-refractivity contribution in [1.82, 2.24) is 15.1 Å². The molecular formula is C19H25N3O3. The fraction of sp³-hybridized carbons (Fsp3) is 0.421. The molecule has 134 valence electrons. The maximum atomic E-state index is 12.3. The summed E-state index contributed by atoms with van der Waals surface area (Å²) in [5.74, 6) is -0.964. The Morgan fingerprint density at radius 1 is 1.24 bits per heavy atom. The predicted molar refractivity (Wildman–Crippen MR) is 95.6 cm³/mol. The zero-order valence-corrected chi connectivity index (χ0v) is 15.2. The van der Waals surface area contributed by atoms with E-state index in [9.17, 15) is 9.59 Å². The number of carboxylic acid groups (broad SMARTS) is 1. The van der Waals surface area contributed by atoms with Crippen LogP contribution in [0.3, 0.4) is 0 Å². The summed E-state index contributed by atoms with van der Waals surface area (Å²) in [7, 11) is 1.90. The molecule has 0 aliphatic heterocycles. The van der Waals surface area contributed by atoms with E-state index < -0.39 is 5.97 Å². The van der Waals surface area contributed by atoms with Gasteiger partial charge in [-0.25, -0.2) is 4.79 Å². The molecule has 1 heterocycles. The van der Waals surface area contributed by atoms with E-state index in [2.05, 4.69) is 10.4 Å². The normalized spacial score (nSPS) is 12.0. The molecule has 0 saturated carbocycles. The van der Waals surface area contributed by atoms with Gasteiger partial charge in [0.15, 0.2) is 0 Å². The number of nitrogens with zero attached hydrogens (tertiary/aromatic N) is 2. The molecule has 0 aliphatic rings. The molecule has 1 atom stereocenters. The summed E-state index contributed by atoms with van der Waals surface area (Å²) in [4.78, 5) is 23.2. The summed E-state index contributed by atoms with van der Waals surface area (Å²) in [6, 6.07) is 6.59. The summed E-state index contributed by atoms with van der Waals surface area (Å²) in [6.45, 7) is 6.01. The standard InChI is InChI=1S/C19H25N3O3/c1-5-16(18-12(2)21-22(4)13(18)3)20-17(23)11-8-14-6-9-15(10-7-14)19(24)25/h6-7,9-10,16H,5,8,11H2,1-4H3,(H,20,23)(H,24,25)/t16-/m1/s1. The summed E-state index contributed by atoms with van der Waals surface area (Å²) in [5.41, 5.74) is 4.29. The van der Waals surface area contributed by atoms with Crippen molar-refractivity contribution in [1.29, 1.82) is 0 Å². The first-order chi connectivity index (χ1) is 11.8. The summed E-state index contributed by atoms with van der Waals surface area (Å²) in [6.07, 6.45) is 1.74. The number of hydrogen-bond acceptors (Lipinski definition) is 3. The molecule has 1 aromatic heterocycles. The number of hydrogen-bond donors (Lipinski definition) is 2. The van der Waals surface area contributed by atoms with Crippen LogP contribution in [0.25, 0.3) is 0 Å². The molecule has 0 saturated heterocycles. The van der Waals surface area contributed by atoms with E-state index in [0.717, 1.165) is 28.9 Å². The van der Waals surface area contributed by atoms with Gasteiger partial charge in [-0.15, -0.1) is 0 Å². The van der Waals surface area contributed by atoms with Crippen molar-refractivity contribution in [3.05, 3.63) is 52.3 Å². The summed E-state index contributed by atoms with van der Waals surface area (Å²) < 4.78 is 1.84. The average molecular weight is 343 g/mol. The highest BCUT2D eigenvalue weighted by atomic mass is 16.4. The lowest BCUT2D eigenvalue weighted by Gasteiger charge is -2.18. The van der Waals surface area contributed by atoms with E-state index in [-0.39, 0.29) is 17.5 Å². The number of aromatic carboxylic acids is 1. The van der Waals surface area contributed by atoms with Crippen LogP contribution in [0, 0.1) is 13.8 Å². The number of carbonyl (C=O) groups is 2. The molecule has 1 amide bonds. The van der Waals surface area contributed by atoms with Crippen LogP contribution in [0.15, 0.2) is 24.3 Å². The second-order valence-corrected chi connectivity index (χ2v) is 6.24. The van der Waals surface area contributed by atoms with Gasteiger partial charge in [0.1, 0.15) is 0 Å². The van der Waals surface area contributed by atoms with E-state index in [1.807, 2.05) is 32.5 Å². The molecule has 2 N–H and O–H groups in total. The van der Waals surface area contributed by atoms with Crippen LogP contribution in [0.1, 0.15) is 58.7 Å². The number of aromatic nitrogens is 2. The number of carboxylic acids is 1. The smallest absolute Gasteiger partial charge is 0.335 e. The molecule has 25 heavy (non-hydrogen) atoms. The maximum absolute atomic E-state index is 12.3. The van der Waals surface area contributed by atoms with Crippen LogP contribution in [-0.2, 0) is 18.3 Å². The molecule has 1 aromatic carbocycles. The van der Waals surface area contributed by atoms with E-state index >= 15 is 0 Å². The van der Waals surface area contributed by atoms with Gasteiger partial charge in [0, 0.05) is 24.7 Å². The van der Waals surface area contributed by atoms with Gasteiger partial charge in [-0.05, 0) is 44.4 Å². The van der Waals surface area contributed by atoms with Gasteiger partial charge < -0.3 is 10.4 Å². The lowest BCUT2D eigenvalue weighted by molar-refractivity contribution is -0.121. The summed E-state index contributed by atoms with van der Waals surface area (Å²) in [5, 5.41) is 16.4. The lowest BCUT2D eigenvalue weighted by Crippen LogP contribution is -2.29. The third-order valence-corrected chi connectivity index (χ3v) is 4.50. The van der Waals surface area contributed by atoms with Gasteiger partial charge in [0.05, 0.1) is 17.3 Å². The van der Waals surface area contributed by atoms with Crippen LogP contribution in [0.2, 0.25) is 0 Å². The number of rotatable bonds is 7. The number of carbonyl (C=O) groups excluding carboxylic acids is 1. The Morgan fingerprint density at radius 2 is 1.88 bits per heavy atom.